The molecule has 0 unspecified atom stereocenters. The number of benzene rings is 5. The zero-order chi connectivity index (χ0) is 24.0. The van der Waals surface area contributed by atoms with E-state index in [4.69, 9.17) is 0 Å². The van der Waals surface area contributed by atoms with Gasteiger partial charge in [0.25, 0.3) is 0 Å². The van der Waals surface area contributed by atoms with Crippen LogP contribution in [0.1, 0.15) is 25.0 Å². The lowest BCUT2D eigenvalue weighted by Gasteiger charge is -2.21. The Morgan fingerprint density at radius 2 is 1.47 bits per heavy atom. The average molecular weight is 461 g/mol. The van der Waals surface area contributed by atoms with Crippen molar-refractivity contribution in [2.45, 2.75) is 19.3 Å². The summed E-state index contributed by atoms with van der Waals surface area (Å²) in [6.45, 7) is 4.71. The molecule has 7 aromatic rings. The minimum Gasteiger partial charge on any atom is -0.309 e. The van der Waals surface area contributed by atoms with Gasteiger partial charge in [0.05, 0.1) is 16.6 Å². The highest BCUT2D eigenvalue weighted by atomic mass is 15.0. The summed E-state index contributed by atoms with van der Waals surface area (Å²) in [4.78, 5) is 4.53. The lowest BCUT2D eigenvalue weighted by Crippen LogP contribution is -2.14. The monoisotopic (exact) mass is 460 g/mol. The first-order valence-electron chi connectivity index (χ1n) is 12.6. The molecule has 0 bridgehead atoms. The summed E-state index contributed by atoms with van der Waals surface area (Å²) in [6, 6.07) is 37.8. The number of aromatic nitrogens is 2. The van der Waals surface area contributed by atoms with Crippen LogP contribution < -0.4 is 0 Å². The third-order valence-electron chi connectivity index (χ3n) is 8.21. The van der Waals surface area contributed by atoms with Crippen LogP contribution in [0.4, 0.5) is 0 Å². The molecule has 0 saturated carbocycles. The van der Waals surface area contributed by atoms with E-state index in [1.54, 1.807) is 0 Å². The summed E-state index contributed by atoms with van der Waals surface area (Å²) < 4.78 is 2.42. The van der Waals surface area contributed by atoms with Crippen molar-refractivity contribution in [2.24, 2.45) is 0 Å². The van der Waals surface area contributed by atoms with E-state index in [9.17, 15) is 0 Å². The van der Waals surface area contributed by atoms with E-state index in [0.29, 0.717) is 0 Å². The minimum atomic E-state index is -0.0218. The van der Waals surface area contributed by atoms with Gasteiger partial charge in [-0.15, -0.1) is 0 Å². The molecule has 0 fully saturated rings. The lowest BCUT2D eigenvalue weighted by atomic mass is 9.82. The number of hydrogen-bond donors (Lipinski definition) is 0. The molecule has 2 heterocycles. The van der Waals surface area contributed by atoms with Crippen LogP contribution >= 0.6 is 0 Å². The maximum absolute atomic E-state index is 4.53. The molecule has 0 atom stereocenters. The highest BCUT2D eigenvalue weighted by Gasteiger charge is 2.36. The van der Waals surface area contributed by atoms with Gasteiger partial charge in [-0.1, -0.05) is 80.6 Å². The zero-order valence-corrected chi connectivity index (χ0v) is 20.3. The van der Waals surface area contributed by atoms with Crippen LogP contribution in [0.25, 0.3) is 60.3 Å². The fourth-order valence-electron chi connectivity index (χ4n) is 6.55. The molecule has 5 aromatic carbocycles. The average Bonchev–Trinajstić information content (AvgIpc) is 3.38. The van der Waals surface area contributed by atoms with Crippen molar-refractivity contribution < 1.29 is 0 Å². The first-order chi connectivity index (χ1) is 17.6. The quantitative estimate of drug-likeness (QED) is 0.239. The van der Waals surface area contributed by atoms with Gasteiger partial charge in [0.15, 0.2) is 0 Å². The third kappa shape index (κ3) is 2.43. The Labute approximate surface area is 209 Å². The minimum absolute atomic E-state index is 0.0218. The summed E-state index contributed by atoms with van der Waals surface area (Å²) in [5, 5.41) is 6.43. The summed E-state index contributed by atoms with van der Waals surface area (Å²) >= 11 is 0. The molecular weight excluding hydrogens is 436 g/mol. The number of pyridine rings is 1. The van der Waals surface area contributed by atoms with Gasteiger partial charge in [0.1, 0.15) is 0 Å². The second kappa shape index (κ2) is 6.83. The molecule has 170 valence electrons. The maximum atomic E-state index is 4.53. The van der Waals surface area contributed by atoms with Crippen molar-refractivity contribution in [2.75, 3.05) is 0 Å². The summed E-state index contributed by atoms with van der Waals surface area (Å²) in [7, 11) is 0. The second-order valence-electron chi connectivity index (χ2n) is 10.4. The third-order valence-corrected chi connectivity index (χ3v) is 8.21. The van der Waals surface area contributed by atoms with Crippen LogP contribution in [0.15, 0.2) is 109 Å². The Kier molecular flexibility index (Phi) is 3.76. The highest BCUT2D eigenvalue weighted by Crippen LogP contribution is 2.53. The molecule has 2 nitrogen and oxygen atoms in total. The lowest BCUT2D eigenvalue weighted by molar-refractivity contribution is 0.661. The van der Waals surface area contributed by atoms with Crippen LogP contribution in [0.5, 0.6) is 0 Å². The van der Waals surface area contributed by atoms with Gasteiger partial charge >= 0.3 is 0 Å². The van der Waals surface area contributed by atoms with E-state index in [1.807, 2.05) is 12.3 Å². The molecule has 1 aliphatic rings. The Hall–Kier alpha value is -4.43. The van der Waals surface area contributed by atoms with Gasteiger partial charge in [-0.05, 0) is 69.4 Å². The Balaban J connectivity index is 1.57. The smallest absolute Gasteiger partial charge is 0.0703 e. The number of nitrogens with zero attached hydrogens (tertiary/aromatic N) is 2. The fourth-order valence-corrected chi connectivity index (χ4v) is 6.55. The largest absolute Gasteiger partial charge is 0.309 e. The van der Waals surface area contributed by atoms with E-state index in [2.05, 4.69) is 120 Å². The molecule has 0 N–H and O–H groups in total. The highest BCUT2D eigenvalue weighted by molar-refractivity contribution is 6.26. The molecule has 0 amide bonds. The Morgan fingerprint density at radius 3 is 2.42 bits per heavy atom. The Bertz CT molecular complexity index is 2020. The van der Waals surface area contributed by atoms with Crippen LogP contribution in [0.3, 0.4) is 0 Å². The summed E-state index contributed by atoms with van der Waals surface area (Å²) in [5.41, 5.74) is 10.2. The standard InChI is InChI=1S/C34H24N2/c1-34(2)26-11-5-3-9-24(26)32-27(34)16-13-21-14-18-30-33(31(21)32)25-10-4-6-12-29(25)36(30)23-15-17-28-22(20-23)8-7-19-35-28/h3-20H,1-2H3. The molecule has 2 heteroatoms. The van der Waals surface area contributed by atoms with Gasteiger partial charge in [0, 0.05) is 33.5 Å². The normalized spacial score (nSPS) is 14.1. The van der Waals surface area contributed by atoms with Crippen LogP contribution in [0, 0.1) is 0 Å². The predicted molar refractivity (Wildman–Crippen MR) is 151 cm³/mol. The number of fused-ring (bicyclic) bond motifs is 10. The first-order valence-corrected chi connectivity index (χ1v) is 12.6. The van der Waals surface area contributed by atoms with E-state index in [-0.39, 0.29) is 5.41 Å². The number of para-hydroxylation sites is 1. The van der Waals surface area contributed by atoms with Crippen molar-refractivity contribution in [1.82, 2.24) is 9.55 Å². The van der Waals surface area contributed by atoms with Crippen LogP contribution in [-0.4, -0.2) is 9.55 Å². The second-order valence-corrected chi connectivity index (χ2v) is 10.4. The summed E-state index contributed by atoms with van der Waals surface area (Å²) in [5.74, 6) is 0. The van der Waals surface area contributed by atoms with E-state index >= 15 is 0 Å². The molecule has 1 aliphatic carbocycles. The zero-order valence-electron chi connectivity index (χ0n) is 20.3. The predicted octanol–water partition coefficient (Wildman–Crippen LogP) is 8.79. The van der Waals surface area contributed by atoms with Gasteiger partial charge in [-0.25, -0.2) is 0 Å². The molecule has 36 heavy (non-hydrogen) atoms. The van der Waals surface area contributed by atoms with Crippen molar-refractivity contribution >= 4 is 43.5 Å². The SMILES string of the molecule is CC1(C)c2ccccc2-c2c1ccc1ccc3c(c4ccccc4n3-c3ccc4ncccc4c3)c21. The molecule has 2 aromatic heterocycles. The van der Waals surface area contributed by atoms with Gasteiger partial charge in [-0.3, -0.25) is 4.98 Å². The van der Waals surface area contributed by atoms with Gasteiger partial charge < -0.3 is 4.57 Å². The molecule has 0 radical (unpaired) electrons. The van der Waals surface area contributed by atoms with Gasteiger partial charge in [0.2, 0.25) is 0 Å². The topological polar surface area (TPSA) is 17.8 Å². The van der Waals surface area contributed by atoms with Crippen molar-refractivity contribution in [3.05, 3.63) is 120 Å². The molecule has 0 aliphatic heterocycles. The van der Waals surface area contributed by atoms with Crippen LogP contribution in [0.2, 0.25) is 0 Å². The molecule has 0 saturated heterocycles. The summed E-state index contributed by atoms with van der Waals surface area (Å²) in [6.07, 6.45) is 1.86. The van der Waals surface area contributed by atoms with E-state index in [1.165, 1.54) is 54.8 Å². The molecule has 8 rings (SSSR count). The number of rotatable bonds is 1. The maximum Gasteiger partial charge on any atom is 0.0703 e. The Morgan fingerprint density at radius 1 is 0.639 bits per heavy atom. The van der Waals surface area contributed by atoms with Crippen molar-refractivity contribution in [1.29, 1.82) is 0 Å². The number of hydrogen-bond acceptors (Lipinski definition) is 1. The van der Waals surface area contributed by atoms with Crippen molar-refractivity contribution in [3.63, 3.8) is 0 Å². The van der Waals surface area contributed by atoms with Gasteiger partial charge in [-0.2, -0.15) is 0 Å². The first kappa shape index (κ1) is 19.8. The molecular formula is C34H24N2. The molecule has 0 spiro atoms. The van der Waals surface area contributed by atoms with E-state index < -0.39 is 0 Å². The van der Waals surface area contributed by atoms with E-state index in [0.717, 1.165) is 16.6 Å². The van der Waals surface area contributed by atoms with Crippen molar-refractivity contribution in [3.8, 4) is 16.8 Å². The fraction of sp³-hybridized carbons (Fsp3) is 0.0882. The van der Waals surface area contributed by atoms with Crippen LogP contribution in [-0.2, 0) is 5.41 Å².